The van der Waals surface area contributed by atoms with E-state index in [2.05, 4.69) is 16.1 Å². The Labute approximate surface area is 164 Å². The van der Waals surface area contributed by atoms with Crippen molar-refractivity contribution in [2.75, 3.05) is 17.6 Å². The molecule has 2 aromatic carbocycles. The molecule has 148 valence electrons. The summed E-state index contributed by atoms with van der Waals surface area (Å²) in [4.78, 5) is 24.6. The van der Waals surface area contributed by atoms with Crippen LogP contribution in [0.2, 0.25) is 0 Å². The van der Waals surface area contributed by atoms with Crippen LogP contribution < -0.4 is 10.0 Å². The van der Waals surface area contributed by atoms with Crippen molar-refractivity contribution in [1.82, 2.24) is 5.32 Å². The van der Waals surface area contributed by atoms with Gasteiger partial charge in [0.2, 0.25) is 10.0 Å². The van der Waals surface area contributed by atoms with E-state index in [-0.39, 0.29) is 17.3 Å². The second kappa shape index (κ2) is 8.43. The molecule has 2 N–H and O–H groups in total. The van der Waals surface area contributed by atoms with Crippen molar-refractivity contribution in [3.63, 3.8) is 0 Å². The van der Waals surface area contributed by atoms with Crippen LogP contribution in [0.5, 0.6) is 0 Å². The number of fused-ring (bicyclic) bond motifs is 1. The van der Waals surface area contributed by atoms with E-state index >= 15 is 0 Å². The maximum absolute atomic E-state index is 12.3. The molecule has 0 saturated heterocycles. The Hall–Kier alpha value is -2.87. The molecule has 1 amide bonds. The van der Waals surface area contributed by atoms with Crippen LogP contribution in [0.15, 0.2) is 48.5 Å². The van der Waals surface area contributed by atoms with E-state index in [0.29, 0.717) is 0 Å². The number of esters is 1. The SMILES string of the molecule is CS(=O)(=O)Nc1ccccc1C(=O)OCC(=O)N[C@H]1CCCc2ccccc21. The van der Waals surface area contributed by atoms with E-state index in [1.165, 1.54) is 17.7 Å². The van der Waals surface area contributed by atoms with Gasteiger partial charge in [-0.1, -0.05) is 36.4 Å². The number of ether oxygens (including phenoxy) is 1. The van der Waals surface area contributed by atoms with Gasteiger partial charge in [0.15, 0.2) is 6.61 Å². The van der Waals surface area contributed by atoms with Crippen LogP contribution in [-0.2, 0) is 26.0 Å². The van der Waals surface area contributed by atoms with Crippen LogP contribution in [0.1, 0.15) is 40.4 Å². The highest BCUT2D eigenvalue weighted by atomic mass is 32.2. The standard InChI is InChI=1S/C20H22N2O5S/c1-28(25,26)22-18-11-5-4-10-16(18)20(24)27-13-19(23)21-17-12-6-8-14-7-2-3-9-15(14)17/h2-5,7,9-11,17,22H,6,8,12-13H2,1H3,(H,21,23)/t17-/m0/s1. The lowest BCUT2D eigenvalue weighted by molar-refractivity contribution is -0.125. The maximum atomic E-state index is 12.3. The van der Waals surface area contributed by atoms with Crippen molar-refractivity contribution in [1.29, 1.82) is 0 Å². The number of nitrogens with one attached hydrogen (secondary N) is 2. The molecule has 0 saturated carbocycles. The van der Waals surface area contributed by atoms with Gasteiger partial charge >= 0.3 is 5.97 Å². The molecular weight excluding hydrogens is 380 g/mol. The highest BCUT2D eigenvalue weighted by molar-refractivity contribution is 7.92. The minimum Gasteiger partial charge on any atom is -0.452 e. The zero-order valence-electron chi connectivity index (χ0n) is 15.5. The highest BCUT2D eigenvalue weighted by Crippen LogP contribution is 2.29. The first-order chi connectivity index (χ1) is 13.3. The minimum atomic E-state index is -3.55. The number of hydrogen-bond acceptors (Lipinski definition) is 5. The van der Waals surface area contributed by atoms with E-state index in [1.54, 1.807) is 12.1 Å². The van der Waals surface area contributed by atoms with Crippen LogP contribution in [0, 0.1) is 0 Å². The first kappa shape index (κ1) is 19.9. The summed E-state index contributed by atoms with van der Waals surface area (Å²) in [6.45, 7) is -0.440. The summed E-state index contributed by atoms with van der Waals surface area (Å²) >= 11 is 0. The summed E-state index contributed by atoms with van der Waals surface area (Å²) < 4.78 is 30.2. The van der Waals surface area contributed by atoms with Gasteiger partial charge in [-0.05, 0) is 42.5 Å². The van der Waals surface area contributed by atoms with E-state index < -0.39 is 28.5 Å². The molecule has 0 spiro atoms. The molecule has 0 heterocycles. The van der Waals surface area contributed by atoms with E-state index in [0.717, 1.165) is 31.1 Å². The molecule has 0 unspecified atom stereocenters. The number of para-hydroxylation sites is 1. The molecule has 1 atom stereocenters. The molecule has 0 radical (unpaired) electrons. The first-order valence-corrected chi connectivity index (χ1v) is 10.8. The van der Waals surface area contributed by atoms with Gasteiger partial charge in [-0.25, -0.2) is 13.2 Å². The molecule has 1 aliphatic carbocycles. The van der Waals surface area contributed by atoms with Crippen LogP contribution in [0.4, 0.5) is 5.69 Å². The summed E-state index contributed by atoms with van der Waals surface area (Å²) in [5.74, 6) is -1.17. The minimum absolute atomic E-state index is 0.0451. The van der Waals surface area contributed by atoms with Crippen molar-refractivity contribution < 1.29 is 22.7 Å². The molecule has 2 aromatic rings. The maximum Gasteiger partial charge on any atom is 0.340 e. The lowest BCUT2D eigenvalue weighted by Gasteiger charge is -2.26. The predicted octanol–water partition coefficient (Wildman–Crippen LogP) is 2.41. The Bertz CT molecular complexity index is 988. The molecule has 1 aliphatic rings. The monoisotopic (exact) mass is 402 g/mol. The number of hydrogen-bond donors (Lipinski definition) is 2. The zero-order chi connectivity index (χ0) is 20.1. The van der Waals surface area contributed by atoms with Crippen molar-refractivity contribution in [3.8, 4) is 0 Å². The van der Waals surface area contributed by atoms with Gasteiger partial charge in [0.25, 0.3) is 5.91 Å². The fourth-order valence-corrected chi connectivity index (χ4v) is 3.88. The van der Waals surface area contributed by atoms with Gasteiger partial charge < -0.3 is 10.1 Å². The van der Waals surface area contributed by atoms with Gasteiger partial charge in [0.1, 0.15) is 0 Å². The largest absolute Gasteiger partial charge is 0.452 e. The van der Waals surface area contributed by atoms with Gasteiger partial charge in [-0.2, -0.15) is 0 Å². The Morgan fingerprint density at radius 2 is 1.82 bits per heavy atom. The third-order valence-electron chi connectivity index (χ3n) is 4.48. The molecule has 3 rings (SSSR count). The van der Waals surface area contributed by atoms with Gasteiger partial charge in [0.05, 0.1) is 23.5 Å². The number of anilines is 1. The molecule has 0 aromatic heterocycles. The van der Waals surface area contributed by atoms with Gasteiger partial charge in [-0.3, -0.25) is 9.52 Å². The Balaban J connectivity index is 1.61. The molecular formula is C20H22N2O5S. The summed E-state index contributed by atoms with van der Waals surface area (Å²) in [6, 6.07) is 13.9. The van der Waals surface area contributed by atoms with Crippen LogP contribution >= 0.6 is 0 Å². The second-order valence-corrected chi connectivity index (χ2v) is 8.46. The third kappa shape index (κ3) is 5.10. The van der Waals surface area contributed by atoms with Crippen molar-refractivity contribution in [2.24, 2.45) is 0 Å². The number of amides is 1. The summed E-state index contributed by atoms with van der Waals surface area (Å²) in [6.07, 6.45) is 3.79. The number of rotatable bonds is 6. The lowest BCUT2D eigenvalue weighted by atomic mass is 9.88. The fraction of sp³-hybridized carbons (Fsp3) is 0.300. The normalized spacial score (nSPS) is 16.0. The number of benzene rings is 2. The Morgan fingerprint density at radius 1 is 1.11 bits per heavy atom. The molecule has 0 aliphatic heterocycles. The zero-order valence-corrected chi connectivity index (χ0v) is 16.3. The average Bonchev–Trinajstić information content (AvgIpc) is 2.65. The molecule has 7 nitrogen and oxygen atoms in total. The summed E-state index contributed by atoms with van der Waals surface area (Å²) in [5.41, 5.74) is 2.47. The second-order valence-electron chi connectivity index (χ2n) is 6.71. The van der Waals surface area contributed by atoms with Crippen molar-refractivity contribution >= 4 is 27.6 Å². The first-order valence-electron chi connectivity index (χ1n) is 8.94. The number of carbonyl (C=O) groups excluding carboxylic acids is 2. The van der Waals surface area contributed by atoms with E-state index in [1.807, 2.05) is 18.2 Å². The quantitative estimate of drug-likeness (QED) is 0.723. The van der Waals surface area contributed by atoms with Crippen LogP contribution in [-0.4, -0.2) is 33.2 Å². The number of carbonyl (C=O) groups is 2. The van der Waals surface area contributed by atoms with E-state index in [9.17, 15) is 18.0 Å². The van der Waals surface area contributed by atoms with Gasteiger partial charge in [-0.15, -0.1) is 0 Å². The number of sulfonamides is 1. The predicted molar refractivity (Wildman–Crippen MR) is 105 cm³/mol. The van der Waals surface area contributed by atoms with Crippen LogP contribution in [0.3, 0.4) is 0 Å². The summed E-state index contributed by atoms with van der Waals surface area (Å²) in [5, 5.41) is 2.91. The van der Waals surface area contributed by atoms with Crippen LogP contribution in [0.25, 0.3) is 0 Å². The number of aryl methyl sites for hydroxylation is 1. The van der Waals surface area contributed by atoms with Gasteiger partial charge in [0, 0.05) is 0 Å². The molecule has 0 bridgehead atoms. The van der Waals surface area contributed by atoms with Crippen molar-refractivity contribution in [3.05, 3.63) is 65.2 Å². The van der Waals surface area contributed by atoms with E-state index in [4.69, 9.17) is 4.74 Å². The highest BCUT2D eigenvalue weighted by Gasteiger charge is 2.22. The molecule has 28 heavy (non-hydrogen) atoms. The molecule has 0 fully saturated rings. The average molecular weight is 402 g/mol. The molecule has 8 heteroatoms. The third-order valence-corrected chi connectivity index (χ3v) is 5.07. The fourth-order valence-electron chi connectivity index (χ4n) is 3.30. The topological polar surface area (TPSA) is 102 Å². The lowest BCUT2D eigenvalue weighted by Crippen LogP contribution is -2.34. The Morgan fingerprint density at radius 3 is 2.61 bits per heavy atom. The Kier molecular flexibility index (Phi) is 5.99. The summed E-state index contributed by atoms with van der Waals surface area (Å²) in [7, 11) is -3.55. The van der Waals surface area contributed by atoms with Crippen molar-refractivity contribution in [2.45, 2.75) is 25.3 Å². The smallest absolute Gasteiger partial charge is 0.340 e.